The van der Waals surface area contributed by atoms with E-state index >= 15 is 0 Å². The van der Waals surface area contributed by atoms with E-state index in [1.165, 1.54) is 19.4 Å². The number of aromatic nitrogens is 3. The molecule has 1 aliphatic carbocycles. The van der Waals surface area contributed by atoms with Crippen molar-refractivity contribution in [3.63, 3.8) is 0 Å². The Hall–Kier alpha value is -2.27. The van der Waals surface area contributed by atoms with Crippen LogP contribution in [-0.4, -0.2) is 86.3 Å². The number of ether oxygens (including phenoxy) is 2. The first-order valence-corrected chi connectivity index (χ1v) is 13.6. The second-order valence-electron chi connectivity index (χ2n) is 8.96. The van der Waals surface area contributed by atoms with Crippen LogP contribution in [0.5, 0.6) is 5.75 Å². The lowest BCUT2D eigenvalue weighted by Gasteiger charge is -2.40. The molecule has 16 heteroatoms. The summed E-state index contributed by atoms with van der Waals surface area (Å²) in [7, 11) is -2.61. The summed E-state index contributed by atoms with van der Waals surface area (Å²) in [5, 5.41) is 16.6. The van der Waals surface area contributed by atoms with Crippen LogP contribution >= 0.6 is 11.3 Å². The zero-order valence-corrected chi connectivity index (χ0v) is 20.9. The third-order valence-electron chi connectivity index (χ3n) is 6.82. The van der Waals surface area contributed by atoms with Crippen molar-refractivity contribution in [1.82, 2.24) is 19.9 Å². The molecular weight excluding hydrogens is 525 g/mol. The van der Waals surface area contributed by atoms with E-state index in [0.29, 0.717) is 56.2 Å². The minimum absolute atomic E-state index is 0.0897. The van der Waals surface area contributed by atoms with Gasteiger partial charge in [0.05, 0.1) is 25.4 Å². The summed E-state index contributed by atoms with van der Waals surface area (Å²) in [4.78, 5) is 7.78. The Balaban J connectivity index is 1.26. The summed E-state index contributed by atoms with van der Waals surface area (Å²) in [5.74, 6) is 0.655. The van der Waals surface area contributed by atoms with Crippen LogP contribution in [0.2, 0.25) is 0 Å². The van der Waals surface area contributed by atoms with Crippen molar-refractivity contribution in [3.05, 3.63) is 17.3 Å². The average molecular weight is 551 g/mol. The zero-order chi connectivity index (χ0) is 25.7. The fraction of sp³-hybridized carbons (Fsp3) is 0.650. The van der Waals surface area contributed by atoms with E-state index in [0.717, 1.165) is 6.42 Å². The number of rotatable bonds is 6. The van der Waals surface area contributed by atoms with Gasteiger partial charge in [-0.3, -0.25) is 0 Å². The van der Waals surface area contributed by atoms with Gasteiger partial charge in [-0.05, 0) is 19.3 Å². The van der Waals surface area contributed by atoms with Crippen LogP contribution in [0.15, 0.2) is 17.2 Å². The van der Waals surface area contributed by atoms with E-state index in [1.807, 2.05) is 4.90 Å². The number of aliphatic hydroxyl groups is 1. The Morgan fingerprint density at radius 2 is 1.92 bits per heavy atom. The van der Waals surface area contributed by atoms with Crippen LogP contribution in [0.1, 0.15) is 24.3 Å². The summed E-state index contributed by atoms with van der Waals surface area (Å²) in [6, 6.07) is 0.603. The van der Waals surface area contributed by atoms with Crippen molar-refractivity contribution >= 4 is 32.3 Å². The smallest absolute Gasteiger partial charge is 0.445 e. The van der Waals surface area contributed by atoms with Gasteiger partial charge in [-0.15, -0.1) is 10.2 Å². The number of pyridine rings is 1. The normalized spacial score (nSPS) is 24.2. The van der Waals surface area contributed by atoms with E-state index in [-0.39, 0.29) is 22.4 Å². The first-order chi connectivity index (χ1) is 17.0. The van der Waals surface area contributed by atoms with E-state index < -0.39 is 39.0 Å². The molecule has 0 radical (unpaired) electrons. The van der Waals surface area contributed by atoms with Crippen LogP contribution in [0.4, 0.5) is 24.1 Å². The Labute approximate surface area is 209 Å². The maximum absolute atomic E-state index is 13.0. The molecule has 3 aliphatic rings. The maximum Gasteiger partial charge on any atom is 0.445 e. The second kappa shape index (κ2) is 9.24. The summed E-state index contributed by atoms with van der Waals surface area (Å²) >= 11 is 0.493. The zero-order valence-electron chi connectivity index (χ0n) is 19.2. The number of piperazine rings is 1. The summed E-state index contributed by atoms with van der Waals surface area (Å²) in [6.07, 6.45) is -1.91. The fourth-order valence-electron chi connectivity index (χ4n) is 4.65. The molecule has 0 unspecified atom stereocenters. The number of hydrogen-bond acceptors (Lipinski definition) is 11. The number of anilines is 2. The Kier molecular flexibility index (Phi) is 6.51. The van der Waals surface area contributed by atoms with Crippen molar-refractivity contribution in [2.45, 2.75) is 48.1 Å². The van der Waals surface area contributed by atoms with E-state index in [2.05, 4.69) is 19.9 Å². The van der Waals surface area contributed by atoms with Gasteiger partial charge in [-0.1, -0.05) is 11.3 Å². The standard InChI is InChI=1S/C20H25F3N6O5S2/c1-33-14-9-12(36(31,32)27-13-11-34-19(15(13)30)3-2-4-19)10-24-16(14)28-5-7-29(8-6-28)18-26-25-17(35-18)20(21,22)23/h9-10,13,15,27,30H,2-8,11H2,1H3/t13-,15+/m1/s1. The monoisotopic (exact) mass is 550 g/mol. The molecule has 0 bridgehead atoms. The largest absolute Gasteiger partial charge is 0.493 e. The highest BCUT2D eigenvalue weighted by molar-refractivity contribution is 7.89. The molecule has 2 atom stereocenters. The van der Waals surface area contributed by atoms with E-state index in [4.69, 9.17) is 9.47 Å². The van der Waals surface area contributed by atoms with Crippen LogP contribution in [0, 0.1) is 0 Å². The Bertz CT molecular complexity index is 1210. The fourth-order valence-corrected chi connectivity index (χ4v) is 6.60. The topological polar surface area (TPSA) is 130 Å². The average Bonchev–Trinajstić information content (AvgIpc) is 3.44. The molecule has 0 amide bonds. The highest BCUT2D eigenvalue weighted by Gasteiger charge is 2.53. The molecule has 1 saturated carbocycles. The van der Waals surface area contributed by atoms with Gasteiger partial charge >= 0.3 is 6.18 Å². The molecular formula is C20H25F3N6O5S2. The number of methoxy groups -OCH3 is 1. The van der Waals surface area contributed by atoms with Crippen LogP contribution in [0.3, 0.4) is 0 Å². The molecule has 5 rings (SSSR count). The molecule has 2 aliphatic heterocycles. The first-order valence-electron chi connectivity index (χ1n) is 11.3. The van der Waals surface area contributed by atoms with E-state index in [9.17, 15) is 26.7 Å². The van der Waals surface area contributed by atoms with Crippen LogP contribution < -0.4 is 19.3 Å². The van der Waals surface area contributed by atoms with Gasteiger partial charge in [0.25, 0.3) is 0 Å². The molecule has 198 valence electrons. The molecule has 11 nitrogen and oxygen atoms in total. The van der Waals surface area contributed by atoms with Crippen molar-refractivity contribution in [2.75, 3.05) is 49.7 Å². The highest BCUT2D eigenvalue weighted by Crippen LogP contribution is 2.44. The lowest BCUT2D eigenvalue weighted by molar-refractivity contribution is -0.138. The van der Waals surface area contributed by atoms with Gasteiger partial charge in [0.1, 0.15) is 11.0 Å². The predicted molar refractivity (Wildman–Crippen MR) is 123 cm³/mol. The summed E-state index contributed by atoms with van der Waals surface area (Å²) in [5.41, 5.74) is -0.655. The van der Waals surface area contributed by atoms with Gasteiger partial charge in [0, 0.05) is 38.4 Å². The molecule has 2 saturated heterocycles. The number of nitrogens with zero attached hydrogens (tertiary/aromatic N) is 5. The number of sulfonamides is 1. The highest BCUT2D eigenvalue weighted by atomic mass is 32.2. The molecule has 1 spiro atoms. The summed E-state index contributed by atoms with van der Waals surface area (Å²) in [6.45, 7) is 1.65. The third kappa shape index (κ3) is 4.60. The Morgan fingerprint density at radius 1 is 1.22 bits per heavy atom. The van der Waals surface area contributed by atoms with Gasteiger partial charge in [0.2, 0.25) is 20.2 Å². The molecule has 2 aromatic heterocycles. The third-order valence-corrected chi connectivity index (χ3v) is 9.31. The van der Waals surface area contributed by atoms with Gasteiger partial charge in [-0.25, -0.2) is 18.1 Å². The molecule has 0 aromatic carbocycles. The van der Waals surface area contributed by atoms with Gasteiger partial charge in [-0.2, -0.15) is 13.2 Å². The Morgan fingerprint density at radius 3 is 2.47 bits per heavy atom. The van der Waals surface area contributed by atoms with Crippen molar-refractivity contribution < 1.29 is 36.2 Å². The SMILES string of the molecule is COc1cc(S(=O)(=O)N[C@@H]2COC3(CCC3)[C@H]2O)cnc1N1CCN(c2nnc(C(F)(F)F)s2)CC1. The predicted octanol–water partition coefficient (Wildman–Crippen LogP) is 1.25. The van der Waals surface area contributed by atoms with Crippen LogP contribution in [0.25, 0.3) is 0 Å². The number of alkyl halides is 3. The van der Waals surface area contributed by atoms with Gasteiger partial charge in [0.15, 0.2) is 11.6 Å². The quantitative estimate of drug-likeness (QED) is 0.542. The molecule has 3 fully saturated rings. The summed E-state index contributed by atoms with van der Waals surface area (Å²) < 4.78 is 78.1. The molecule has 4 heterocycles. The van der Waals surface area contributed by atoms with Crippen molar-refractivity contribution in [1.29, 1.82) is 0 Å². The van der Waals surface area contributed by atoms with Crippen LogP contribution in [-0.2, 0) is 20.9 Å². The first kappa shape index (κ1) is 25.4. The molecule has 2 N–H and O–H groups in total. The minimum atomic E-state index is -4.53. The van der Waals surface area contributed by atoms with Crippen molar-refractivity contribution in [3.8, 4) is 5.75 Å². The van der Waals surface area contributed by atoms with E-state index in [1.54, 1.807) is 4.90 Å². The number of halogens is 3. The lowest BCUT2D eigenvalue weighted by Crippen LogP contribution is -2.52. The van der Waals surface area contributed by atoms with Crippen molar-refractivity contribution in [2.24, 2.45) is 0 Å². The second-order valence-corrected chi connectivity index (χ2v) is 11.6. The maximum atomic E-state index is 13.0. The van der Waals surface area contributed by atoms with Gasteiger partial charge < -0.3 is 24.4 Å². The molecule has 2 aromatic rings. The number of nitrogens with one attached hydrogen (secondary N) is 1. The molecule has 36 heavy (non-hydrogen) atoms. The number of hydrogen-bond donors (Lipinski definition) is 2. The lowest BCUT2D eigenvalue weighted by atomic mass is 9.75. The minimum Gasteiger partial charge on any atom is -0.493 e. The number of aliphatic hydroxyl groups excluding tert-OH is 1.